The number of nitrogens with one attached hydrogen (secondary N) is 1. The van der Waals surface area contributed by atoms with Crippen LogP contribution in [0.2, 0.25) is 5.02 Å². The van der Waals surface area contributed by atoms with Crippen LogP contribution in [0.1, 0.15) is 0 Å². The molecule has 1 N–H and O–H groups in total. The van der Waals surface area contributed by atoms with Crippen molar-refractivity contribution in [3.8, 4) is 17.2 Å². The number of carbonyl (C=O) groups is 1. The normalized spacial score (nSPS) is 10.6. The summed E-state index contributed by atoms with van der Waals surface area (Å²) in [4.78, 5) is 11.8. The second kappa shape index (κ2) is 7.44. The molecule has 1 aromatic heterocycles. The predicted octanol–water partition coefficient (Wildman–Crippen LogP) is 3.82. The Balaban J connectivity index is 1.61. The zero-order valence-corrected chi connectivity index (χ0v) is 13.6. The molecule has 0 saturated heterocycles. The Morgan fingerprint density at radius 2 is 1.92 bits per heavy atom. The molecule has 0 fully saturated rings. The van der Waals surface area contributed by atoms with Crippen molar-refractivity contribution in [1.82, 2.24) is 10.2 Å². The maximum absolute atomic E-state index is 13.2. The summed E-state index contributed by atoms with van der Waals surface area (Å²) in [7, 11) is 0. The average molecular weight is 384 g/mol. The number of nitrogens with zero attached hydrogens (tertiary/aromatic N) is 2. The number of aromatic nitrogens is 2. The van der Waals surface area contributed by atoms with Gasteiger partial charge in [0, 0.05) is 5.56 Å². The minimum absolute atomic E-state index is 0.0104. The molecular formula is C16H9ClF3N3O3. The van der Waals surface area contributed by atoms with Gasteiger partial charge in [0.15, 0.2) is 18.2 Å². The van der Waals surface area contributed by atoms with Crippen LogP contribution in [0.25, 0.3) is 11.5 Å². The van der Waals surface area contributed by atoms with Gasteiger partial charge >= 0.3 is 6.01 Å². The third kappa shape index (κ3) is 4.12. The highest BCUT2D eigenvalue weighted by atomic mass is 35.5. The van der Waals surface area contributed by atoms with Crippen molar-refractivity contribution in [2.75, 3.05) is 11.9 Å². The van der Waals surface area contributed by atoms with E-state index in [9.17, 15) is 18.0 Å². The molecule has 26 heavy (non-hydrogen) atoms. The molecule has 1 heterocycles. The molecule has 0 radical (unpaired) electrons. The number of carbonyl (C=O) groups excluding carboxylic acids is 1. The Morgan fingerprint density at radius 1 is 1.12 bits per heavy atom. The SMILES string of the molecule is O=C(COc1ccc(F)cc1Cl)Nc1nnc(-c2ccc(F)c(F)c2)o1. The summed E-state index contributed by atoms with van der Waals surface area (Å²) in [6.07, 6.45) is 0. The fourth-order valence-electron chi connectivity index (χ4n) is 1.91. The van der Waals surface area contributed by atoms with Crippen molar-refractivity contribution in [2.45, 2.75) is 0 Å². The molecule has 1 amide bonds. The van der Waals surface area contributed by atoms with Crippen LogP contribution in [0.15, 0.2) is 40.8 Å². The monoisotopic (exact) mass is 383 g/mol. The molecule has 2 aromatic carbocycles. The Hall–Kier alpha value is -3.07. The number of amides is 1. The summed E-state index contributed by atoms with van der Waals surface area (Å²) in [6.45, 7) is -0.450. The zero-order chi connectivity index (χ0) is 18.7. The van der Waals surface area contributed by atoms with Crippen LogP contribution in [0, 0.1) is 17.5 Å². The number of anilines is 1. The second-order valence-corrected chi connectivity index (χ2v) is 5.36. The van der Waals surface area contributed by atoms with Gasteiger partial charge < -0.3 is 9.15 Å². The number of ether oxygens (including phenoxy) is 1. The van der Waals surface area contributed by atoms with E-state index >= 15 is 0 Å². The smallest absolute Gasteiger partial charge is 0.322 e. The van der Waals surface area contributed by atoms with E-state index in [1.54, 1.807) is 0 Å². The molecule has 10 heteroatoms. The molecule has 0 bridgehead atoms. The van der Waals surface area contributed by atoms with Crippen LogP contribution in [0.4, 0.5) is 19.2 Å². The Morgan fingerprint density at radius 3 is 2.65 bits per heavy atom. The van der Waals surface area contributed by atoms with Gasteiger partial charge in [-0.2, -0.15) is 0 Å². The summed E-state index contributed by atoms with van der Waals surface area (Å²) in [5, 5.41) is 9.48. The molecule has 0 saturated carbocycles. The first-order valence-corrected chi connectivity index (χ1v) is 7.47. The lowest BCUT2D eigenvalue weighted by Crippen LogP contribution is -2.20. The van der Waals surface area contributed by atoms with Crippen molar-refractivity contribution < 1.29 is 27.1 Å². The van der Waals surface area contributed by atoms with E-state index in [0.717, 1.165) is 24.3 Å². The topological polar surface area (TPSA) is 77.2 Å². The Bertz CT molecular complexity index is 965. The standard InChI is InChI=1S/C16H9ClF3N3O3/c17-10-6-9(18)2-4-13(10)25-7-14(24)21-16-23-22-15(26-16)8-1-3-11(19)12(20)5-8/h1-6H,7H2,(H,21,23,24). The lowest BCUT2D eigenvalue weighted by Gasteiger charge is -2.06. The Labute approximate surface area is 149 Å². The van der Waals surface area contributed by atoms with Crippen molar-refractivity contribution in [1.29, 1.82) is 0 Å². The van der Waals surface area contributed by atoms with Gasteiger partial charge in [-0.1, -0.05) is 16.7 Å². The van der Waals surface area contributed by atoms with Crippen LogP contribution in [-0.4, -0.2) is 22.7 Å². The van der Waals surface area contributed by atoms with Gasteiger partial charge in [0.1, 0.15) is 11.6 Å². The summed E-state index contributed by atoms with van der Waals surface area (Å²) >= 11 is 5.77. The molecule has 0 spiro atoms. The number of halogens is 4. The van der Waals surface area contributed by atoms with Gasteiger partial charge in [0.05, 0.1) is 5.02 Å². The number of benzene rings is 2. The van der Waals surface area contributed by atoms with Gasteiger partial charge in [-0.3, -0.25) is 10.1 Å². The summed E-state index contributed by atoms with van der Waals surface area (Å²) < 4.78 is 49.4. The average Bonchev–Trinajstić information content (AvgIpc) is 3.05. The lowest BCUT2D eigenvalue weighted by molar-refractivity contribution is -0.118. The van der Waals surface area contributed by atoms with Crippen molar-refractivity contribution in [2.24, 2.45) is 0 Å². The van der Waals surface area contributed by atoms with Crippen molar-refractivity contribution in [3.63, 3.8) is 0 Å². The molecular weight excluding hydrogens is 375 g/mol. The van der Waals surface area contributed by atoms with E-state index in [0.29, 0.717) is 0 Å². The van der Waals surface area contributed by atoms with Crippen LogP contribution in [0.5, 0.6) is 5.75 Å². The van der Waals surface area contributed by atoms with Gasteiger partial charge in [0.25, 0.3) is 5.91 Å². The lowest BCUT2D eigenvalue weighted by atomic mass is 10.2. The summed E-state index contributed by atoms with van der Waals surface area (Å²) in [5.41, 5.74) is 0.145. The van der Waals surface area contributed by atoms with Crippen LogP contribution in [-0.2, 0) is 4.79 Å². The molecule has 0 aliphatic heterocycles. The van der Waals surface area contributed by atoms with Crippen molar-refractivity contribution >= 4 is 23.5 Å². The van der Waals surface area contributed by atoms with Gasteiger partial charge in [-0.05, 0) is 36.4 Å². The van der Waals surface area contributed by atoms with Crippen LogP contribution in [0.3, 0.4) is 0 Å². The summed E-state index contributed by atoms with van der Waals surface area (Å²) in [5.74, 6) is -3.26. The predicted molar refractivity (Wildman–Crippen MR) is 85.2 cm³/mol. The van der Waals surface area contributed by atoms with E-state index < -0.39 is 30.0 Å². The fraction of sp³-hybridized carbons (Fsp3) is 0.0625. The first-order valence-electron chi connectivity index (χ1n) is 7.09. The molecule has 3 aromatic rings. The van der Waals surface area contributed by atoms with E-state index in [-0.39, 0.29) is 28.2 Å². The molecule has 0 atom stereocenters. The van der Waals surface area contributed by atoms with Crippen molar-refractivity contribution in [3.05, 3.63) is 58.9 Å². The van der Waals surface area contributed by atoms with Gasteiger partial charge in [-0.25, -0.2) is 13.2 Å². The first-order chi connectivity index (χ1) is 12.4. The Kier molecular flexibility index (Phi) is 5.08. The molecule has 0 aliphatic rings. The minimum Gasteiger partial charge on any atom is -0.482 e. The molecule has 3 rings (SSSR count). The number of hydrogen-bond donors (Lipinski definition) is 1. The van der Waals surface area contributed by atoms with E-state index in [2.05, 4.69) is 15.5 Å². The number of hydrogen-bond acceptors (Lipinski definition) is 5. The number of rotatable bonds is 5. The highest BCUT2D eigenvalue weighted by Crippen LogP contribution is 2.25. The van der Waals surface area contributed by atoms with Crippen LogP contribution >= 0.6 is 11.6 Å². The molecule has 6 nitrogen and oxygen atoms in total. The molecule has 0 unspecified atom stereocenters. The molecule has 0 aliphatic carbocycles. The van der Waals surface area contributed by atoms with E-state index in [4.69, 9.17) is 20.8 Å². The fourth-order valence-corrected chi connectivity index (χ4v) is 2.13. The van der Waals surface area contributed by atoms with E-state index in [1.165, 1.54) is 12.1 Å². The highest BCUT2D eigenvalue weighted by Gasteiger charge is 2.14. The van der Waals surface area contributed by atoms with Gasteiger partial charge in [-0.15, -0.1) is 5.10 Å². The quantitative estimate of drug-likeness (QED) is 0.724. The van der Waals surface area contributed by atoms with E-state index in [1.807, 2.05) is 0 Å². The minimum atomic E-state index is -1.07. The maximum Gasteiger partial charge on any atom is 0.322 e. The molecule has 134 valence electrons. The zero-order valence-electron chi connectivity index (χ0n) is 12.8. The van der Waals surface area contributed by atoms with Gasteiger partial charge in [0.2, 0.25) is 5.89 Å². The van der Waals surface area contributed by atoms with Crippen LogP contribution < -0.4 is 10.1 Å². The second-order valence-electron chi connectivity index (χ2n) is 4.95. The third-order valence-corrected chi connectivity index (χ3v) is 3.39. The first kappa shape index (κ1) is 17.7. The maximum atomic E-state index is 13.2. The third-order valence-electron chi connectivity index (χ3n) is 3.09. The summed E-state index contributed by atoms with van der Waals surface area (Å²) in [6, 6.07) is 6.23. The largest absolute Gasteiger partial charge is 0.482 e. The highest BCUT2D eigenvalue weighted by molar-refractivity contribution is 6.32.